The summed E-state index contributed by atoms with van der Waals surface area (Å²) in [7, 11) is 0. The number of hydrogen-bond acceptors (Lipinski definition) is 4. The molecule has 0 heterocycles. The van der Waals surface area contributed by atoms with Gasteiger partial charge in [-0.15, -0.1) is 0 Å². The first kappa shape index (κ1) is 19.2. The van der Waals surface area contributed by atoms with Crippen LogP contribution in [0.4, 0.5) is 0 Å². The van der Waals surface area contributed by atoms with E-state index in [0.717, 1.165) is 12.2 Å². The fourth-order valence-electron chi connectivity index (χ4n) is 0.293. The van der Waals surface area contributed by atoms with Crippen LogP contribution in [0.15, 0.2) is 49.6 Å². The van der Waals surface area contributed by atoms with Crippen molar-refractivity contribution < 1.29 is 39.3 Å². The molecule has 0 radical (unpaired) electrons. The van der Waals surface area contributed by atoms with Crippen LogP contribution in [0.5, 0.6) is 0 Å². The summed E-state index contributed by atoms with van der Waals surface area (Å²) in [6.07, 6.45) is 7.16. The van der Waals surface area contributed by atoms with Crippen LogP contribution in [0.1, 0.15) is 0 Å². The minimum absolute atomic E-state index is 0. The first-order chi connectivity index (χ1) is 6.54. The zero-order valence-corrected chi connectivity index (χ0v) is 11.2. The quantitative estimate of drug-likeness (QED) is 0.367. The molecule has 0 spiro atoms. The van der Waals surface area contributed by atoms with Gasteiger partial charge < -0.3 is 19.8 Å². The SMILES string of the molecule is C=C/C=C/C(=O)[O-].C=C/C=C/C(=O)[O-].[Zn+2]. The van der Waals surface area contributed by atoms with Crippen molar-refractivity contribution in [3.8, 4) is 0 Å². The summed E-state index contributed by atoms with van der Waals surface area (Å²) in [5.41, 5.74) is 0. The minimum atomic E-state index is -1.19. The van der Waals surface area contributed by atoms with Gasteiger partial charge in [-0.1, -0.05) is 37.5 Å². The fraction of sp³-hybridized carbons (Fsp3) is 0. The van der Waals surface area contributed by atoms with E-state index in [0.29, 0.717) is 0 Å². The van der Waals surface area contributed by atoms with Crippen LogP contribution < -0.4 is 10.2 Å². The van der Waals surface area contributed by atoms with Crippen LogP contribution in [0.3, 0.4) is 0 Å². The zero-order chi connectivity index (χ0) is 11.4. The standard InChI is InChI=1S/2C5H6O2.Zn/c2*1-2-3-4-5(6)7;/h2*2-4H,1H2,(H,6,7);/q;;+2/p-2/b2*4-3+;. The predicted octanol–water partition coefficient (Wildman–Crippen LogP) is -1.05. The molecule has 0 aromatic rings. The molecule has 0 aliphatic heterocycles. The number of allylic oxidation sites excluding steroid dienone is 4. The number of hydrogen-bond donors (Lipinski definition) is 0. The topological polar surface area (TPSA) is 80.3 Å². The maximum atomic E-state index is 9.51. The summed E-state index contributed by atoms with van der Waals surface area (Å²) in [4.78, 5) is 19.0. The molecular weight excluding hydrogens is 249 g/mol. The third-order valence-corrected chi connectivity index (χ3v) is 0.737. The Kier molecular flexibility index (Phi) is 19.2. The molecule has 0 atom stereocenters. The van der Waals surface area contributed by atoms with Crippen LogP contribution in [0.2, 0.25) is 0 Å². The fourth-order valence-corrected chi connectivity index (χ4v) is 0.293. The molecule has 0 aliphatic carbocycles. The van der Waals surface area contributed by atoms with E-state index >= 15 is 0 Å². The monoisotopic (exact) mass is 258 g/mol. The van der Waals surface area contributed by atoms with Crippen LogP contribution in [-0.2, 0) is 29.1 Å². The van der Waals surface area contributed by atoms with Gasteiger partial charge in [0.05, 0.1) is 11.9 Å². The van der Waals surface area contributed by atoms with E-state index in [1.165, 1.54) is 24.3 Å². The van der Waals surface area contributed by atoms with E-state index in [-0.39, 0.29) is 19.5 Å². The zero-order valence-electron chi connectivity index (χ0n) is 8.22. The van der Waals surface area contributed by atoms with Crippen LogP contribution >= 0.6 is 0 Å². The Bertz CT molecular complexity index is 239. The van der Waals surface area contributed by atoms with Gasteiger partial charge in [0.25, 0.3) is 0 Å². The molecule has 0 fully saturated rings. The number of carbonyl (C=O) groups excluding carboxylic acids is 2. The van der Waals surface area contributed by atoms with E-state index in [1.54, 1.807) is 0 Å². The van der Waals surface area contributed by atoms with E-state index in [9.17, 15) is 19.8 Å². The van der Waals surface area contributed by atoms with Crippen molar-refractivity contribution in [1.82, 2.24) is 0 Å². The Hall–Kier alpha value is -1.48. The Morgan fingerprint density at radius 3 is 1.20 bits per heavy atom. The Morgan fingerprint density at radius 1 is 0.867 bits per heavy atom. The third-order valence-electron chi connectivity index (χ3n) is 0.737. The molecule has 0 aromatic carbocycles. The second-order valence-electron chi connectivity index (χ2n) is 1.83. The Morgan fingerprint density at radius 2 is 1.13 bits per heavy atom. The van der Waals surface area contributed by atoms with Gasteiger partial charge in [-0.3, -0.25) is 0 Å². The number of aliphatic carboxylic acids is 2. The smallest absolute Gasteiger partial charge is 0.545 e. The Balaban J connectivity index is -0.000000180. The predicted molar refractivity (Wildman–Crippen MR) is 48.7 cm³/mol. The van der Waals surface area contributed by atoms with Crippen LogP contribution in [-0.4, -0.2) is 11.9 Å². The average Bonchev–Trinajstić information content (AvgIpc) is 2.12. The number of rotatable bonds is 4. The number of carboxylic acids is 2. The van der Waals surface area contributed by atoms with E-state index in [4.69, 9.17) is 0 Å². The van der Waals surface area contributed by atoms with Crippen molar-refractivity contribution in [3.05, 3.63) is 49.6 Å². The minimum Gasteiger partial charge on any atom is -0.545 e. The maximum absolute atomic E-state index is 9.51. The largest absolute Gasteiger partial charge is 2.00 e. The average molecular weight is 260 g/mol. The molecule has 5 heteroatoms. The van der Waals surface area contributed by atoms with Crippen LogP contribution in [0.25, 0.3) is 0 Å². The van der Waals surface area contributed by atoms with E-state index in [1.807, 2.05) is 0 Å². The molecule has 0 bridgehead atoms. The summed E-state index contributed by atoms with van der Waals surface area (Å²) >= 11 is 0. The second kappa shape index (κ2) is 15.0. The van der Waals surface area contributed by atoms with Gasteiger partial charge in [0.1, 0.15) is 0 Å². The molecule has 0 rings (SSSR count). The van der Waals surface area contributed by atoms with Gasteiger partial charge in [-0.25, -0.2) is 0 Å². The molecule has 0 unspecified atom stereocenters. The normalized spacial score (nSPS) is 8.53. The first-order valence-corrected chi connectivity index (χ1v) is 3.54. The number of carbonyl (C=O) groups is 2. The summed E-state index contributed by atoms with van der Waals surface area (Å²) in [5, 5.41) is 19.0. The van der Waals surface area contributed by atoms with Gasteiger partial charge in [-0.05, 0) is 12.2 Å². The molecule has 4 nitrogen and oxygen atoms in total. The van der Waals surface area contributed by atoms with Gasteiger partial charge in [0, 0.05) is 0 Å². The van der Waals surface area contributed by atoms with Crippen molar-refractivity contribution in [2.24, 2.45) is 0 Å². The van der Waals surface area contributed by atoms with Gasteiger partial charge in [0.2, 0.25) is 0 Å². The molecular formula is C10H10O4Zn. The third kappa shape index (κ3) is 32.6. The summed E-state index contributed by atoms with van der Waals surface area (Å²) in [6, 6.07) is 0. The Labute approximate surface area is 101 Å². The first-order valence-electron chi connectivity index (χ1n) is 3.54. The summed E-state index contributed by atoms with van der Waals surface area (Å²) in [6.45, 7) is 6.51. The second-order valence-corrected chi connectivity index (χ2v) is 1.83. The molecule has 0 aromatic heterocycles. The van der Waals surface area contributed by atoms with Gasteiger partial charge in [0.15, 0.2) is 0 Å². The van der Waals surface area contributed by atoms with Gasteiger partial charge in [-0.2, -0.15) is 0 Å². The molecule has 0 N–H and O–H groups in total. The van der Waals surface area contributed by atoms with Crippen LogP contribution in [0, 0.1) is 0 Å². The summed E-state index contributed by atoms with van der Waals surface area (Å²) < 4.78 is 0. The van der Waals surface area contributed by atoms with E-state index in [2.05, 4.69) is 13.2 Å². The summed E-state index contributed by atoms with van der Waals surface area (Å²) in [5.74, 6) is -2.39. The number of carboxylic acid groups (broad SMARTS) is 2. The van der Waals surface area contributed by atoms with E-state index < -0.39 is 11.9 Å². The van der Waals surface area contributed by atoms with Crippen molar-refractivity contribution >= 4 is 11.9 Å². The molecule has 0 saturated heterocycles. The van der Waals surface area contributed by atoms with Crippen molar-refractivity contribution in [2.75, 3.05) is 0 Å². The molecule has 76 valence electrons. The van der Waals surface area contributed by atoms with Gasteiger partial charge >= 0.3 is 19.5 Å². The maximum Gasteiger partial charge on any atom is 2.00 e. The molecule has 0 amide bonds. The molecule has 0 saturated carbocycles. The molecule has 15 heavy (non-hydrogen) atoms. The van der Waals surface area contributed by atoms with Crippen molar-refractivity contribution in [3.63, 3.8) is 0 Å². The van der Waals surface area contributed by atoms with Crippen molar-refractivity contribution in [2.45, 2.75) is 0 Å². The molecule has 0 aliphatic rings. The van der Waals surface area contributed by atoms with Crippen molar-refractivity contribution in [1.29, 1.82) is 0 Å².